The molecule has 0 unspecified atom stereocenters. The summed E-state index contributed by atoms with van der Waals surface area (Å²) in [5.74, 6) is 0.786. The third kappa shape index (κ3) is 8.15. The summed E-state index contributed by atoms with van der Waals surface area (Å²) >= 11 is 0. The van der Waals surface area contributed by atoms with Crippen LogP contribution in [0.4, 0.5) is 4.39 Å². The van der Waals surface area contributed by atoms with Crippen molar-refractivity contribution < 1.29 is 33.0 Å². The van der Waals surface area contributed by atoms with E-state index in [1.807, 2.05) is 42.6 Å². The first-order valence-electron chi connectivity index (χ1n) is 21.2. The number of hydrogen-bond donors (Lipinski definition) is 0. The molecule has 7 heteroatoms. The summed E-state index contributed by atoms with van der Waals surface area (Å²) in [6.45, 7) is 12.9. The van der Waals surface area contributed by atoms with Crippen molar-refractivity contribution in [2.24, 2.45) is 0 Å². The third-order valence-corrected chi connectivity index (χ3v) is 10.5. The largest absolute Gasteiger partial charge is 0.501 e. The molecule has 4 aromatic heterocycles. The maximum absolute atomic E-state index is 14.1. The summed E-state index contributed by atoms with van der Waals surface area (Å²) in [7, 11) is 0. The molecule has 0 saturated carbocycles. The first kappa shape index (κ1) is 37.5. The molecule has 5 aromatic carbocycles. The van der Waals surface area contributed by atoms with E-state index in [1.165, 1.54) is 17.2 Å². The number of aromatic nitrogens is 4. The molecule has 5 nitrogen and oxygen atoms in total. The normalized spacial score (nSPS) is 12.6. The van der Waals surface area contributed by atoms with Crippen LogP contribution in [-0.2, 0) is 25.5 Å². The van der Waals surface area contributed by atoms with Crippen LogP contribution in [0.5, 0.6) is 0 Å². The fourth-order valence-corrected chi connectivity index (χ4v) is 7.41. The first-order chi connectivity index (χ1) is 29.1. The molecule has 0 bridgehead atoms. The van der Waals surface area contributed by atoms with Crippen molar-refractivity contribution >= 4 is 33.1 Å². The van der Waals surface area contributed by atoms with Crippen molar-refractivity contribution in [3.8, 4) is 39.5 Å². The van der Waals surface area contributed by atoms with Crippen LogP contribution in [0.15, 0.2) is 132 Å². The van der Waals surface area contributed by atoms with Crippen LogP contribution in [0.1, 0.15) is 86.7 Å². The number of hydrogen-bond acceptors (Lipinski definition) is 4. The van der Waals surface area contributed by atoms with E-state index in [0.29, 0.717) is 17.5 Å². The molecule has 0 saturated heterocycles. The SMILES string of the molecule is CC(C)c1cccc(C(C)C)c1-n1c(-c2[c-]ccc3c2oc2ccccc23)nc2cc(-c3ccccc3)cnc21.[2H]C([2H])([2H])c1c[c-]c(-c2ccc(C(C)(C)C)cn2)c(F)c1.[Ir]. The molecule has 0 fully saturated rings. The number of rotatable bonds is 6. The van der Waals surface area contributed by atoms with Gasteiger partial charge in [-0.05, 0) is 57.3 Å². The van der Waals surface area contributed by atoms with Crippen molar-refractivity contribution in [1.82, 2.24) is 19.5 Å². The van der Waals surface area contributed by atoms with Crippen LogP contribution in [0.3, 0.4) is 0 Å². The molecular weight excluding hydrogens is 908 g/mol. The van der Waals surface area contributed by atoms with E-state index in [2.05, 4.69) is 131 Å². The number of fused-ring (bicyclic) bond motifs is 4. The molecule has 9 aromatic rings. The Morgan fingerprint density at radius 1 is 0.746 bits per heavy atom. The summed E-state index contributed by atoms with van der Waals surface area (Å²) in [6, 6.07) is 43.5. The minimum Gasteiger partial charge on any atom is -0.501 e. The fraction of sp³-hybridized carbons (Fsp3) is 0.212. The smallest absolute Gasteiger partial charge is 0.155 e. The molecular formula is C52H47FIrN4O-2. The van der Waals surface area contributed by atoms with Gasteiger partial charge in [0.1, 0.15) is 5.58 Å². The maximum atomic E-state index is 14.1. The van der Waals surface area contributed by atoms with Gasteiger partial charge in [0.2, 0.25) is 0 Å². The summed E-state index contributed by atoms with van der Waals surface area (Å²) in [5.41, 5.74) is 11.6. The molecule has 0 aliphatic carbocycles. The molecule has 299 valence electrons. The Morgan fingerprint density at radius 2 is 1.47 bits per heavy atom. The van der Waals surface area contributed by atoms with Crippen LogP contribution in [0, 0.1) is 24.8 Å². The molecule has 0 atom stereocenters. The Kier molecular flexibility index (Phi) is 10.7. The second-order valence-electron chi connectivity index (χ2n) is 16.3. The van der Waals surface area contributed by atoms with Gasteiger partial charge in [-0.15, -0.1) is 42.0 Å². The van der Waals surface area contributed by atoms with Crippen molar-refractivity contribution in [3.63, 3.8) is 0 Å². The molecule has 0 amide bonds. The van der Waals surface area contributed by atoms with Crippen molar-refractivity contribution in [2.75, 3.05) is 0 Å². The van der Waals surface area contributed by atoms with Gasteiger partial charge >= 0.3 is 0 Å². The number of halogens is 1. The van der Waals surface area contributed by atoms with Crippen LogP contribution in [0.25, 0.3) is 72.6 Å². The average molecular weight is 958 g/mol. The van der Waals surface area contributed by atoms with Gasteiger partial charge in [-0.1, -0.05) is 151 Å². The monoisotopic (exact) mass is 958 g/mol. The standard InChI is InChI=1S/C36H30N3O.C16H17FN.Ir/c1-22(2)26-15-10-16-27(23(3)4)33(26)39-35(30-18-11-17-29-28-14-8-9-19-32(28)40-34(29)30)38-31-20-25(21-37-36(31)39)24-12-6-5-7-13-24;1-11-5-7-13(14(17)9-11)15-8-6-12(10-18-15)16(2,3)4;/h5-17,19-23H,1-4H3;5-6,8-10H,1-4H3;/q2*-1;/i;1D3;. The summed E-state index contributed by atoms with van der Waals surface area (Å²) in [6.07, 6.45) is 3.67. The van der Waals surface area contributed by atoms with E-state index in [4.69, 9.17) is 18.5 Å². The number of furan rings is 1. The predicted molar refractivity (Wildman–Crippen MR) is 236 cm³/mol. The minimum absolute atomic E-state index is 0. The Balaban J connectivity index is 0.000000223. The molecule has 59 heavy (non-hydrogen) atoms. The van der Waals surface area contributed by atoms with E-state index in [1.54, 1.807) is 12.3 Å². The Morgan fingerprint density at radius 3 is 2.14 bits per heavy atom. The number of nitrogens with zero attached hydrogens (tertiary/aromatic N) is 4. The summed E-state index contributed by atoms with van der Waals surface area (Å²) in [5, 5.41) is 2.15. The quantitative estimate of drug-likeness (QED) is 0.156. The zero-order valence-electron chi connectivity index (χ0n) is 37.2. The fourth-order valence-electron chi connectivity index (χ4n) is 7.41. The van der Waals surface area contributed by atoms with Gasteiger partial charge in [0.15, 0.2) is 5.65 Å². The Hall–Kier alpha value is -5.75. The van der Waals surface area contributed by atoms with Crippen molar-refractivity contribution in [2.45, 2.75) is 72.6 Å². The van der Waals surface area contributed by atoms with Crippen molar-refractivity contribution in [1.29, 1.82) is 0 Å². The maximum Gasteiger partial charge on any atom is 0.155 e. The van der Waals surface area contributed by atoms with Gasteiger partial charge in [-0.2, -0.15) is 0 Å². The summed E-state index contributed by atoms with van der Waals surface area (Å²) in [4.78, 5) is 14.6. The van der Waals surface area contributed by atoms with Crippen LogP contribution in [0.2, 0.25) is 0 Å². The van der Waals surface area contributed by atoms with Gasteiger partial charge in [0.25, 0.3) is 0 Å². The molecule has 0 spiro atoms. The van der Waals surface area contributed by atoms with Crippen LogP contribution < -0.4 is 0 Å². The van der Waals surface area contributed by atoms with Gasteiger partial charge in [-0.25, -0.2) is 4.98 Å². The molecule has 9 rings (SSSR count). The average Bonchev–Trinajstić information content (AvgIpc) is 3.81. The second kappa shape index (κ2) is 16.8. The van der Waals surface area contributed by atoms with Gasteiger partial charge < -0.3 is 14.0 Å². The second-order valence-corrected chi connectivity index (χ2v) is 16.3. The number of para-hydroxylation sites is 2. The van der Waals surface area contributed by atoms with E-state index in [0.717, 1.165) is 72.9 Å². The zero-order chi connectivity index (χ0) is 43.2. The Labute approximate surface area is 364 Å². The molecule has 4 heterocycles. The Bertz CT molecular complexity index is 2990. The minimum atomic E-state index is -2.33. The molecule has 0 N–H and O–H groups in total. The van der Waals surface area contributed by atoms with Gasteiger partial charge in [0, 0.05) is 59.1 Å². The number of aryl methyl sites for hydroxylation is 1. The van der Waals surface area contributed by atoms with E-state index in [9.17, 15) is 4.39 Å². The first-order valence-corrected chi connectivity index (χ1v) is 19.7. The number of pyridine rings is 2. The predicted octanol–water partition coefficient (Wildman–Crippen LogP) is 14.0. The van der Waals surface area contributed by atoms with E-state index in [-0.39, 0.29) is 36.6 Å². The van der Waals surface area contributed by atoms with E-state index >= 15 is 0 Å². The number of benzene rings is 5. The van der Waals surface area contributed by atoms with Crippen LogP contribution >= 0.6 is 0 Å². The molecule has 0 aliphatic rings. The van der Waals surface area contributed by atoms with Gasteiger partial charge in [-0.3, -0.25) is 9.37 Å². The van der Waals surface area contributed by atoms with Gasteiger partial charge in [0.05, 0.1) is 16.9 Å². The molecule has 0 aliphatic heterocycles. The summed E-state index contributed by atoms with van der Waals surface area (Å²) < 4.78 is 44.6. The zero-order valence-corrected chi connectivity index (χ0v) is 36.6. The third-order valence-electron chi connectivity index (χ3n) is 10.5. The van der Waals surface area contributed by atoms with Crippen LogP contribution in [-0.4, -0.2) is 19.5 Å². The van der Waals surface area contributed by atoms with Crippen molar-refractivity contribution in [3.05, 3.63) is 168 Å². The molecule has 1 radical (unpaired) electrons. The number of imidazole rings is 1. The van der Waals surface area contributed by atoms with E-state index < -0.39 is 12.7 Å². The topological polar surface area (TPSA) is 56.7 Å².